The third kappa shape index (κ3) is 3.84. The first-order valence-corrected chi connectivity index (χ1v) is 9.79. The predicted octanol–water partition coefficient (Wildman–Crippen LogP) is 3.00. The number of carbonyl (C=O) groups is 1. The van der Waals surface area contributed by atoms with Crippen molar-refractivity contribution in [2.45, 2.75) is 70.5 Å². The van der Waals surface area contributed by atoms with E-state index in [1.54, 1.807) is 0 Å². The van der Waals surface area contributed by atoms with Gasteiger partial charge in [-0.3, -0.25) is 4.68 Å². The van der Waals surface area contributed by atoms with Crippen LogP contribution in [0.25, 0.3) is 0 Å². The summed E-state index contributed by atoms with van der Waals surface area (Å²) < 4.78 is 7.39. The minimum atomic E-state index is -0.0648. The molecule has 0 radical (unpaired) electrons. The SMILES string of the molecule is CC(NC(=O)NC1CCC2(CC1)COC2)c1cnn(CC2CCC2)c1. The second-order valence-corrected chi connectivity index (χ2v) is 8.40. The summed E-state index contributed by atoms with van der Waals surface area (Å²) in [6, 6.07) is 0.204. The van der Waals surface area contributed by atoms with Crippen LogP contribution in [-0.4, -0.2) is 35.1 Å². The number of hydrogen-bond acceptors (Lipinski definition) is 3. The molecular formula is C19H30N4O2. The summed E-state index contributed by atoms with van der Waals surface area (Å²) in [5, 5.41) is 10.7. The Morgan fingerprint density at radius 1 is 1.36 bits per heavy atom. The van der Waals surface area contributed by atoms with Crippen molar-refractivity contribution in [1.82, 2.24) is 20.4 Å². The third-order valence-corrected chi connectivity index (χ3v) is 6.37. The average Bonchev–Trinajstić information content (AvgIpc) is 2.99. The van der Waals surface area contributed by atoms with Crippen LogP contribution in [0.4, 0.5) is 4.79 Å². The van der Waals surface area contributed by atoms with E-state index < -0.39 is 0 Å². The molecule has 2 amide bonds. The molecule has 1 aromatic heterocycles. The summed E-state index contributed by atoms with van der Waals surface area (Å²) in [6.45, 7) is 4.85. The van der Waals surface area contributed by atoms with Crippen molar-refractivity contribution in [3.8, 4) is 0 Å². The molecule has 1 saturated heterocycles. The van der Waals surface area contributed by atoms with E-state index in [0.717, 1.165) is 44.1 Å². The lowest BCUT2D eigenvalue weighted by Crippen LogP contribution is -2.50. The van der Waals surface area contributed by atoms with E-state index in [-0.39, 0.29) is 12.1 Å². The largest absolute Gasteiger partial charge is 0.380 e. The van der Waals surface area contributed by atoms with Gasteiger partial charge in [0.05, 0.1) is 25.5 Å². The van der Waals surface area contributed by atoms with E-state index in [1.165, 1.54) is 32.1 Å². The number of rotatable bonds is 5. The van der Waals surface area contributed by atoms with Gasteiger partial charge in [-0.2, -0.15) is 5.10 Å². The molecule has 1 spiro atoms. The summed E-state index contributed by atoms with van der Waals surface area (Å²) in [4.78, 5) is 12.3. The number of amides is 2. The Bertz CT molecular complexity index is 596. The normalized spacial score (nSPS) is 24.4. The molecule has 25 heavy (non-hydrogen) atoms. The number of carbonyl (C=O) groups excluding carboxylic acids is 1. The monoisotopic (exact) mass is 346 g/mol. The van der Waals surface area contributed by atoms with Crippen LogP contribution in [0.3, 0.4) is 0 Å². The highest BCUT2D eigenvalue weighted by Crippen LogP contribution is 2.42. The molecule has 2 heterocycles. The number of urea groups is 1. The zero-order valence-corrected chi connectivity index (χ0v) is 15.2. The first-order valence-electron chi connectivity index (χ1n) is 9.79. The van der Waals surface area contributed by atoms with Gasteiger partial charge in [0.25, 0.3) is 0 Å². The lowest BCUT2D eigenvalue weighted by molar-refractivity contribution is -0.133. The molecule has 2 N–H and O–H groups in total. The number of hydrogen-bond donors (Lipinski definition) is 2. The molecule has 6 heteroatoms. The summed E-state index contributed by atoms with van der Waals surface area (Å²) in [5.41, 5.74) is 1.50. The molecule has 2 aliphatic carbocycles. The first-order chi connectivity index (χ1) is 12.1. The molecule has 138 valence electrons. The zero-order valence-electron chi connectivity index (χ0n) is 15.2. The van der Waals surface area contributed by atoms with Gasteiger partial charge in [-0.25, -0.2) is 4.79 Å². The Balaban J connectivity index is 1.22. The van der Waals surface area contributed by atoms with Crippen LogP contribution in [0.5, 0.6) is 0 Å². The molecule has 3 aliphatic rings. The molecule has 1 unspecified atom stereocenters. The van der Waals surface area contributed by atoms with Gasteiger partial charge in [0, 0.05) is 29.8 Å². The van der Waals surface area contributed by atoms with Crippen LogP contribution in [0.15, 0.2) is 12.4 Å². The van der Waals surface area contributed by atoms with Crippen LogP contribution in [0, 0.1) is 11.3 Å². The van der Waals surface area contributed by atoms with Crippen LogP contribution in [0.2, 0.25) is 0 Å². The second kappa shape index (κ2) is 6.98. The van der Waals surface area contributed by atoms with Crippen LogP contribution in [0.1, 0.15) is 63.5 Å². The Labute approximate surface area is 149 Å². The van der Waals surface area contributed by atoms with E-state index in [4.69, 9.17) is 4.74 Å². The highest BCUT2D eigenvalue weighted by Gasteiger charge is 2.41. The van der Waals surface area contributed by atoms with Crippen molar-refractivity contribution in [2.75, 3.05) is 13.2 Å². The number of aromatic nitrogens is 2. The molecule has 1 aromatic rings. The summed E-state index contributed by atoms with van der Waals surface area (Å²) in [7, 11) is 0. The molecule has 4 rings (SSSR count). The van der Waals surface area contributed by atoms with Gasteiger partial charge in [-0.1, -0.05) is 6.42 Å². The fourth-order valence-electron chi connectivity index (χ4n) is 4.20. The van der Waals surface area contributed by atoms with Crippen LogP contribution >= 0.6 is 0 Å². The first kappa shape index (κ1) is 16.9. The quantitative estimate of drug-likeness (QED) is 0.861. The molecule has 6 nitrogen and oxygen atoms in total. The maximum Gasteiger partial charge on any atom is 0.315 e. The zero-order chi connectivity index (χ0) is 17.3. The highest BCUT2D eigenvalue weighted by atomic mass is 16.5. The van der Waals surface area contributed by atoms with Gasteiger partial charge >= 0.3 is 6.03 Å². The van der Waals surface area contributed by atoms with Gasteiger partial charge in [0.1, 0.15) is 0 Å². The molecule has 0 bridgehead atoms. The predicted molar refractivity (Wildman–Crippen MR) is 95.2 cm³/mol. The van der Waals surface area contributed by atoms with Crippen LogP contribution < -0.4 is 10.6 Å². The van der Waals surface area contributed by atoms with Crippen molar-refractivity contribution in [3.63, 3.8) is 0 Å². The Morgan fingerprint density at radius 3 is 2.72 bits per heavy atom. The van der Waals surface area contributed by atoms with Crippen molar-refractivity contribution in [1.29, 1.82) is 0 Å². The molecule has 0 aromatic carbocycles. The molecule has 2 saturated carbocycles. The highest BCUT2D eigenvalue weighted by molar-refractivity contribution is 5.74. The molecule has 1 atom stereocenters. The smallest absolute Gasteiger partial charge is 0.315 e. The lowest BCUT2D eigenvalue weighted by Gasteiger charge is -2.46. The summed E-state index contributed by atoms with van der Waals surface area (Å²) >= 11 is 0. The maximum absolute atomic E-state index is 12.3. The van der Waals surface area contributed by atoms with Gasteiger partial charge in [0.15, 0.2) is 0 Å². The third-order valence-electron chi connectivity index (χ3n) is 6.37. The van der Waals surface area contributed by atoms with E-state index in [2.05, 4.69) is 21.9 Å². The van der Waals surface area contributed by atoms with Crippen molar-refractivity contribution < 1.29 is 9.53 Å². The standard InChI is InChI=1S/C19H30N4O2/c1-14(16-9-20-23(11-16)10-15-3-2-4-15)21-18(24)22-17-5-7-19(8-6-17)12-25-13-19/h9,11,14-15,17H,2-8,10,12-13H2,1H3,(H2,21,22,24). The fraction of sp³-hybridized carbons (Fsp3) is 0.789. The van der Waals surface area contributed by atoms with E-state index in [9.17, 15) is 4.79 Å². The van der Waals surface area contributed by atoms with Crippen molar-refractivity contribution in [3.05, 3.63) is 18.0 Å². The van der Waals surface area contributed by atoms with Gasteiger partial charge in [-0.15, -0.1) is 0 Å². The molecular weight excluding hydrogens is 316 g/mol. The van der Waals surface area contributed by atoms with E-state index in [1.807, 2.05) is 17.8 Å². The van der Waals surface area contributed by atoms with Gasteiger partial charge in [0.2, 0.25) is 0 Å². The Hall–Kier alpha value is -1.56. The topological polar surface area (TPSA) is 68.2 Å². The molecule has 3 fully saturated rings. The Kier molecular flexibility index (Phi) is 4.71. The number of nitrogens with one attached hydrogen (secondary N) is 2. The summed E-state index contributed by atoms with van der Waals surface area (Å²) in [6.07, 6.45) is 12.4. The average molecular weight is 346 g/mol. The number of ether oxygens (including phenoxy) is 1. The molecule has 1 aliphatic heterocycles. The number of nitrogens with zero attached hydrogens (tertiary/aromatic N) is 2. The van der Waals surface area contributed by atoms with Gasteiger partial charge in [-0.05, 0) is 51.4 Å². The second-order valence-electron chi connectivity index (χ2n) is 8.40. The fourth-order valence-corrected chi connectivity index (χ4v) is 4.20. The summed E-state index contributed by atoms with van der Waals surface area (Å²) in [5.74, 6) is 0.787. The van der Waals surface area contributed by atoms with E-state index >= 15 is 0 Å². The minimum Gasteiger partial charge on any atom is -0.380 e. The van der Waals surface area contributed by atoms with Gasteiger partial charge < -0.3 is 15.4 Å². The van der Waals surface area contributed by atoms with Crippen molar-refractivity contribution in [2.24, 2.45) is 11.3 Å². The Morgan fingerprint density at radius 2 is 2.12 bits per heavy atom. The van der Waals surface area contributed by atoms with E-state index in [0.29, 0.717) is 11.5 Å². The minimum absolute atomic E-state index is 0.0231. The maximum atomic E-state index is 12.3. The van der Waals surface area contributed by atoms with Crippen LogP contribution in [-0.2, 0) is 11.3 Å². The lowest BCUT2D eigenvalue weighted by atomic mass is 9.71. The van der Waals surface area contributed by atoms with Crippen molar-refractivity contribution >= 4 is 6.03 Å².